The fraction of sp³-hybridized carbons (Fsp3) is 0.227. The first-order chi connectivity index (χ1) is 14.0. The molecule has 3 aromatic rings. The van der Waals surface area contributed by atoms with E-state index in [2.05, 4.69) is 9.97 Å². The molecule has 29 heavy (non-hydrogen) atoms. The van der Waals surface area contributed by atoms with E-state index in [1.807, 2.05) is 35.4 Å². The molecule has 0 saturated carbocycles. The van der Waals surface area contributed by atoms with Gasteiger partial charge in [0.15, 0.2) is 0 Å². The lowest BCUT2D eigenvalue weighted by molar-refractivity contribution is -0.123. The lowest BCUT2D eigenvalue weighted by atomic mass is 10.0. The quantitative estimate of drug-likeness (QED) is 0.556. The Morgan fingerprint density at radius 1 is 0.966 bits per heavy atom. The van der Waals surface area contributed by atoms with Crippen LogP contribution in [-0.2, 0) is 17.6 Å². The molecule has 0 aliphatic rings. The molecule has 150 valence electrons. The topological polar surface area (TPSA) is 72.1 Å². The van der Waals surface area contributed by atoms with Gasteiger partial charge < -0.3 is 5.73 Å². The molecule has 1 amide bonds. The maximum Gasteiger partial charge on any atom is 0.239 e. The Hall–Kier alpha value is -2.47. The molecule has 0 fully saturated rings. The van der Waals surface area contributed by atoms with Gasteiger partial charge in [-0.15, -0.1) is 0 Å². The zero-order chi connectivity index (χ0) is 20.6. The zero-order valence-corrected chi connectivity index (χ0v) is 17.4. The van der Waals surface area contributed by atoms with Crippen LogP contribution in [0, 0.1) is 0 Å². The highest BCUT2D eigenvalue weighted by Crippen LogP contribution is 2.30. The van der Waals surface area contributed by atoms with E-state index in [4.69, 9.17) is 28.9 Å². The van der Waals surface area contributed by atoms with E-state index in [0.717, 1.165) is 24.0 Å². The van der Waals surface area contributed by atoms with Gasteiger partial charge in [0.25, 0.3) is 0 Å². The van der Waals surface area contributed by atoms with Gasteiger partial charge in [0.1, 0.15) is 6.04 Å². The maximum absolute atomic E-state index is 12.5. The molecule has 0 aliphatic heterocycles. The number of carbonyl (C=O) groups is 1. The van der Waals surface area contributed by atoms with Crippen LogP contribution < -0.4 is 5.73 Å². The molecule has 1 aromatic carbocycles. The van der Waals surface area contributed by atoms with Crippen molar-refractivity contribution in [3.63, 3.8) is 0 Å². The van der Waals surface area contributed by atoms with Crippen molar-refractivity contribution in [3.8, 4) is 0 Å². The lowest BCUT2D eigenvalue weighted by Gasteiger charge is -2.30. The molecule has 1 atom stereocenters. The molecule has 2 heterocycles. The first-order valence-electron chi connectivity index (χ1n) is 9.30. The van der Waals surface area contributed by atoms with Gasteiger partial charge in [-0.1, -0.05) is 29.3 Å². The van der Waals surface area contributed by atoms with Crippen LogP contribution in [0.2, 0.25) is 10.0 Å². The van der Waals surface area contributed by atoms with Crippen molar-refractivity contribution >= 4 is 29.1 Å². The molecule has 2 aromatic heterocycles. The smallest absolute Gasteiger partial charge is 0.239 e. The van der Waals surface area contributed by atoms with E-state index < -0.39 is 11.9 Å². The predicted octanol–water partition coefficient (Wildman–Crippen LogP) is 4.10. The SMILES string of the molecule is NC(=O)C(c1cc(Cl)ccc1Cl)N(CCc1ccncc1)CCc1cccnc1. The molecule has 0 saturated heterocycles. The van der Waals surface area contributed by atoms with Crippen LogP contribution >= 0.6 is 23.2 Å². The van der Waals surface area contributed by atoms with Gasteiger partial charge in [-0.25, -0.2) is 0 Å². The second kappa shape index (κ2) is 10.3. The number of halogens is 2. The summed E-state index contributed by atoms with van der Waals surface area (Å²) in [6.07, 6.45) is 8.56. The monoisotopic (exact) mass is 428 g/mol. The first kappa shape index (κ1) is 21.2. The zero-order valence-electron chi connectivity index (χ0n) is 15.8. The van der Waals surface area contributed by atoms with Crippen molar-refractivity contribution in [2.45, 2.75) is 18.9 Å². The van der Waals surface area contributed by atoms with Crippen LogP contribution in [0.1, 0.15) is 22.7 Å². The molecule has 2 N–H and O–H groups in total. The average Bonchev–Trinajstić information content (AvgIpc) is 2.73. The van der Waals surface area contributed by atoms with Crippen molar-refractivity contribution in [2.75, 3.05) is 13.1 Å². The van der Waals surface area contributed by atoms with Crippen LogP contribution in [0.3, 0.4) is 0 Å². The Morgan fingerprint density at radius 2 is 1.69 bits per heavy atom. The minimum absolute atomic E-state index is 0.463. The van der Waals surface area contributed by atoms with Crippen molar-refractivity contribution in [3.05, 3.63) is 94.0 Å². The standard InChI is InChI=1S/C22H22Cl2N4O/c23-18-3-4-20(24)19(14-18)21(22(25)29)28(12-7-16-5-10-26-11-6-16)13-8-17-2-1-9-27-15-17/h1-6,9-11,14-15,21H,7-8,12-13H2,(H2,25,29). The van der Waals surface area contributed by atoms with E-state index >= 15 is 0 Å². The largest absolute Gasteiger partial charge is 0.368 e. The number of hydrogen-bond donors (Lipinski definition) is 1. The average molecular weight is 429 g/mol. The number of benzene rings is 1. The summed E-state index contributed by atoms with van der Waals surface area (Å²) in [4.78, 5) is 22.8. The highest BCUT2D eigenvalue weighted by Gasteiger charge is 2.27. The molecule has 0 bridgehead atoms. The fourth-order valence-electron chi connectivity index (χ4n) is 3.26. The minimum Gasteiger partial charge on any atom is -0.368 e. The summed E-state index contributed by atoms with van der Waals surface area (Å²) in [5.41, 5.74) is 8.66. The van der Waals surface area contributed by atoms with Crippen LogP contribution in [0.5, 0.6) is 0 Å². The van der Waals surface area contributed by atoms with Gasteiger partial charge in [-0.3, -0.25) is 19.7 Å². The van der Waals surface area contributed by atoms with E-state index in [-0.39, 0.29) is 0 Å². The second-order valence-electron chi connectivity index (χ2n) is 6.72. The van der Waals surface area contributed by atoms with Gasteiger partial charge in [-0.2, -0.15) is 0 Å². The van der Waals surface area contributed by atoms with E-state index in [1.54, 1.807) is 36.8 Å². The lowest BCUT2D eigenvalue weighted by Crippen LogP contribution is -2.40. The van der Waals surface area contributed by atoms with E-state index in [9.17, 15) is 4.79 Å². The summed E-state index contributed by atoms with van der Waals surface area (Å²) in [7, 11) is 0. The third-order valence-corrected chi connectivity index (χ3v) is 5.31. The van der Waals surface area contributed by atoms with Crippen LogP contribution in [0.4, 0.5) is 0 Å². The number of rotatable bonds is 9. The Bertz CT molecular complexity index is 895. The van der Waals surface area contributed by atoms with Crippen molar-refractivity contribution < 1.29 is 4.79 Å². The highest BCUT2D eigenvalue weighted by molar-refractivity contribution is 6.33. The number of carbonyl (C=O) groups excluding carboxylic acids is 1. The minimum atomic E-state index is -0.681. The summed E-state index contributed by atoms with van der Waals surface area (Å²) in [6, 6.07) is 12.3. The second-order valence-corrected chi connectivity index (χ2v) is 7.57. The third kappa shape index (κ3) is 6.00. The van der Waals surface area contributed by atoms with Crippen LogP contribution in [-0.4, -0.2) is 33.9 Å². The molecule has 0 spiro atoms. The Kier molecular flexibility index (Phi) is 7.58. The maximum atomic E-state index is 12.5. The number of hydrogen-bond acceptors (Lipinski definition) is 4. The predicted molar refractivity (Wildman–Crippen MR) is 116 cm³/mol. The number of amides is 1. The summed E-state index contributed by atoms with van der Waals surface area (Å²) in [6.45, 7) is 1.24. The number of primary amides is 1. The molecule has 5 nitrogen and oxygen atoms in total. The molecule has 0 aliphatic carbocycles. The highest BCUT2D eigenvalue weighted by atomic mass is 35.5. The van der Waals surface area contributed by atoms with E-state index in [1.165, 1.54) is 0 Å². The van der Waals surface area contributed by atoms with Gasteiger partial charge >= 0.3 is 0 Å². The Balaban J connectivity index is 1.87. The van der Waals surface area contributed by atoms with Crippen molar-refractivity contribution in [1.29, 1.82) is 0 Å². The molecule has 1 unspecified atom stereocenters. The fourth-order valence-corrected chi connectivity index (χ4v) is 3.67. The van der Waals surface area contributed by atoms with Gasteiger partial charge in [-0.05, 0) is 65.9 Å². The number of aromatic nitrogens is 2. The Labute approximate surface area is 180 Å². The van der Waals surface area contributed by atoms with Crippen LogP contribution in [0.15, 0.2) is 67.3 Å². The van der Waals surface area contributed by atoms with Gasteiger partial charge in [0, 0.05) is 47.9 Å². The molecule has 7 heteroatoms. The van der Waals surface area contributed by atoms with Crippen LogP contribution in [0.25, 0.3) is 0 Å². The normalized spacial score (nSPS) is 12.1. The van der Waals surface area contributed by atoms with Crippen molar-refractivity contribution in [1.82, 2.24) is 14.9 Å². The number of pyridine rings is 2. The number of nitrogens with zero attached hydrogens (tertiary/aromatic N) is 3. The molecule has 3 rings (SSSR count). The van der Waals surface area contributed by atoms with E-state index in [0.29, 0.717) is 28.7 Å². The summed E-state index contributed by atoms with van der Waals surface area (Å²) in [5, 5.41) is 0.977. The Morgan fingerprint density at radius 3 is 2.34 bits per heavy atom. The summed E-state index contributed by atoms with van der Waals surface area (Å²) in [5.74, 6) is -0.463. The van der Waals surface area contributed by atoms with Crippen molar-refractivity contribution in [2.24, 2.45) is 5.73 Å². The summed E-state index contributed by atoms with van der Waals surface area (Å²) < 4.78 is 0. The molecular weight excluding hydrogens is 407 g/mol. The third-order valence-electron chi connectivity index (χ3n) is 4.73. The number of nitrogens with two attached hydrogens (primary N) is 1. The summed E-state index contributed by atoms with van der Waals surface area (Å²) >= 11 is 12.6. The molecule has 0 radical (unpaired) electrons. The van der Waals surface area contributed by atoms with Gasteiger partial charge in [0.2, 0.25) is 5.91 Å². The molecular formula is C22H22Cl2N4O. The van der Waals surface area contributed by atoms with Gasteiger partial charge in [0.05, 0.1) is 0 Å². The first-order valence-corrected chi connectivity index (χ1v) is 10.1.